The van der Waals surface area contributed by atoms with Crippen LogP contribution >= 0.6 is 0 Å². The number of hydrogen-bond donors (Lipinski definition) is 3. The van der Waals surface area contributed by atoms with Gasteiger partial charge in [-0.05, 0) is 50.5 Å². The molecule has 0 saturated carbocycles. The van der Waals surface area contributed by atoms with Gasteiger partial charge in [0, 0.05) is 25.2 Å². The zero-order valence-corrected chi connectivity index (χ0v) is 17.3. The number of allylic oxidation sites excluding steroid dienone is 1. The Morgan fingerprint density at radius 1 is 1.14 bits per heavy atom. The molecular weight excluding hydrogens is 358 g/mol. The highest BCUT2D eigenvalue weighted by atomic mass is 16.6. The first-order chi connectivity index (χ1) is 13.0. The smallest absolute Gasteiger partial charge is 0.407 e. The van der Waals surface area contributed by atoms with Gasteiger partial charge in [0.25, 0.3) is 0 Å². The molecule has 1 rings (SSSR count). The number of alkyl carbamates (subject to hydrolysis) is 1. The lowest BCUT2D eigenvalue weighted by atomic mass is 10.2. The molecule has 7 nitrogen and oxygen atoms in total. The highest BCUT2D eigenvalue weighted by Crippen LogP contribution is 2.11. The molecule has 7 heteroatoms. The van der Waals surface area contributed by atoms with Crippen molar-refractivity contribution in [3.05, 3.63) is 42.0 Å². The number of hydrogen-bond acceptors (Lipinski definition) is 4. The van der Waals surface area contributed by atoms with Crippen molar-refractivity contribution < 1.29 is 19.1 Å². The summed E-state index contributed by atoms with van der Waals surface area (Å²) >= 11 is 0. The van der Waals surface area contributed by atoms with E-state index in [4.69, 9.17) is 4.74 Å². The molecule has 1 aromatic rings. The Morgan fingerprint density at radius 2 is 1.86 bits per heavy atom. The molecule has 0 aromatic heterocycles. The predicted octanol–water partition coefficient (Wildman–Crippen LogP) is 3.37. The van der Waals surface area contributed by atoms with Gasteiger partial charge in [0.05, 0.1) is 0 Å². The van der Waals surface area contributed by atoms with E-state index < -0.39 is 11.7 Å². The lowest BCUT2D eigenvalue weighted by molar-refractivity contribution is -0.121. The van der Waals surface area contributed by atoms with Crippen LogP contribution in [0.1, 0.15) is 46.6 Å². The van der Waals surface area contributed by atoms with Crippen LogP contribution in [0.4, 0.5) is 10.5 Å². The van der Waals surface area contributed by atoms with E-state index in [1.54, 1.807) is 32.9 Å². The minimum Gasteiger partial charge on any atom is -0.444 e. The van der Waals surface area contributed by atoms with Crippen molar-refractivity contribution in [1.82, 2.24) is 10.6 Å². The monoisotopic (exact) mass is 389 g/mol. The third-order valence-electron chi connectivity index (χ3n) is 3.34. The van der Waals surface area contributed by atoms with E-state index in [0.717, 1.165) is 5.56 Å². The largest absolute Gasteiger partial charge is 0.444 e. The Labute approximate surface area is 166 Å². The zero-order chi connectivity index (χ0) is 21.2. The SMILES string of the molecule is CC(C)/C=C/C(=O)Nc1cccc(CNC(=O)CCNC(=O)OC(C)(C)C)c1. The second-order valence-corrected chi connectivity index (χ2v) is 7.75. The molecule has 0 heterocycles. The number of amides is 3. The van der Waals surface area contributed by atoms with Gasteiger partial charge >= 0.3 is 6.09 Å². The number of carbonyl (C=O) groups is 3. The summed E-state index contributed by atoms with van der Waals surface area (Å²) in [5.74, 6) is -0.0782. The molecule has 0 bridgehead atoms. The van der Waals surface area contributed by atoms with Gasteiger partial charge in [-0.1, -0.05) is 32.1 Å². The maximum Gasteiger partial charge on any atom is 0.407 e. The van der Waals surface area contributed by atoms with Crippen molar-refractivity contribution >= 4 is 23.6 Å². The third kappa shape index (κ3) is 11.0. The third-order valence-corrected chi connectivity index (χ3v) is 3.34. The first-order valence-corrected chi connectivity index (χ1v) is 9.37. The average Bonchev–Trinajstić information content (AvgIpc) is 2.57. The van der Waals surface area contributed by atoms with Crippen LogP contribution in [0.3, 0.4) is 0 Å². The summed E-state index contributed by atoms with van der Waals surface area (Å²) in [4.78, 5) is 35.3. The maximum atomic E-state index is 11.9. The van der Waals surface area contributed by atoms with Gasteiger partial charge in [-0.3, -0.25) is 9.59 Å². The van der Waals surface area contributed by atoms with Gasteiger partial charge < -0.3 is 20.7 Å². The molecule has 0 atom stereocenters. The number of benzene rings is 1. The molecule has 0 unspecified atom stereocenters. The van der Waals surface area contributed by atoms with Crippen LogP contribution in [0, 0.1) is 5.92 Å². The van der Waals surface area contributed by atoms with Crippen LogP contribution in [0.15, 0.2) is 36.4 Å². The average molecular weight is 389 g/mol. The molecular formula is C21H31N3O4. The fourth-order valence-corrected chi connectivity index (χ4v) is 2.10. The van der Waals surface area contributed by atoms with Crippen LogP contribution in [-0.4, -0.2) is 30.1 Å². The fourth-order valence-electron chi connectivity index (χ4n) is 2.10. The first-order valence-electron chi connectivity index (χ1n) is 9.37. The summed E-state index contributed by atoms with van der Waals surface area (Å²) < 4.78 is 5.10. The molecule has 0 radical (unpaired) electrons. The number of carbonyl (C=O) groups excluding carboxylic acids is 3. The Bertz CT molecular complexity index is 706. The predicted molar refractivity (Wildman–Crippen MR) is 110 cm³/mol. The Kier molecular flexibility index (Phi) is 9.21. The van der Waals surface area contributed by atoms with Gasteiger partial charge in [0.2, 0.25) is 11.8 Å². The molecule has 0 saturated heterocycles. The lowest BCUT2D eigenvalue weighted by Crippen LogP contribution is -2.35. The van der Waals surface area contributed by atoms with Gasteiger partial charge in [-0.15, -0.1) is 0 Å². The Hall–Kier alpha value is -2.83. The number of anilines is 1. The molecule has 0 spiro atoms. The van der Waals surface area contributed by atoms with Crippen molar-refractivity contribution in [1.29, 1.82) is 0 Å². The standard InChI is InChI=1S/C21H31N3O4/c1-15(2)9-10-19(26)24-17-8-6-7-16(13-17)14-23-18(25)11-12-22-20(27)28-21(3,4)5/h6-10,13,15H,11-12,14H2,1-5H3,(H,22,27)(H,23,25)(H,24,26)/b10-9+. The van der Waals surface area contributed by atoms with E-state index in [9.17, 15) is 14.4 Å². The van der Waals surface area contributed by atoms with Crippen molar-refractivity contribution in [3.8, 4) is 0 Å². The van der Waals surface area contributed by atoms with Crippen molar-refractivity contribution in [3.63, 3.8) is 0 Å². The minimum absolute atomic E-state index is 0.148. The van der Waals surface area contributed by atoms with E-state index >= 15 is 0 Å². The highest BCUT2D eigenvalue weighted by molar-refractivity contribution is 5.99. The molecule has 28 heavy (non-hydrogen) atoms. The van der Waals surface area contributed by atoms with Crippen molar-refractivity contribution in [2.45, 2.75) is 53.2 Å². The summed E-state index contributed by atoms with van der Waals surface area (Å²) in [5, 5.41) is 8.12. The van der Waals surface area contributed by atoms with Gasteiger partial charge in [-0.25, -0.2) is 4.79 Å². The van der Waals surface area contributed by atoms with Crippen LogP contribution in [-0.2, 0) is 20.9 Å². The van der Waals surface area contributed by atoms with Crippen LogP contribution < -0.4 is 16.0 Å². The van der Waals surface area contributed by atoms with E-state index in [0.29, 0.717) is 18.2 Å². The summed E-state index contributed by atoms with van der Waals surface area (Å²) in [6.07, 6.45) is 2.94. The van der Waals surface area contributed by atoms with E-state index in [2.05, 4.69) is 16.0 Å². The van der Waals surface area contributed by atoms with Gasteiger partial charge in [0.1, 0.15) is 5.60 Å². The van der Waals surface area contributed by atoms with E-state index in [-0.39, 0.29) is 24.8 Å². The molecule has 0 aliphatic heterocycles. The normalized spacial score (nSPS) is 11.4. The van der Waals surface area contributed by atoms with Crippen LogP contribution in [0.25, 0.3) is 0 Å². The molecule has 0 aliphatic carbocycles. The number of rotatable bonds is 8. The second kappa shape index (κ2) is 11.1. The van der Waals surface area contributed by atoms with Crippen LogP contribution in [0.5, 0.6) is 0 Å². The highest BCUT2D eigenvalue weighted by Gasteiger charge is 2.15. The zero-order valence-electron chi connectivity index (χ0n) is 17.3. The minimum atomic E-state index is -0.572. The van der Waals surface area contributed by atoms with Gasteiger partial charge in [-0.2, -0.15) is 0 Å². The molecule has 0 fully saturated rings. The quantitative estimate of drug-likeness (QED) is 0.594. The lowest BCUT2D eigenvalue weighted by Gasteiger charge is -2.19. The molecule has 154 valence electrons. The molecule has 3 N–H and O–H groups in total. The van der Waals surface area contributed by atoms with Crippen molar-refractivity contribution in [2.75, 3.05) is 11.9 Å². The summed E-state index contributed by atoms with van der Waals surface area (Å²) in [6.45, 7) is 9.84. The van der Waals surface area contributed by atoms with E-state index in [1.165, 1.54) is 6.08 Å². The Morgan fingerprint density at radius 3 is 2.50 bits per heavy atom. The van der Waals surface area contributed by atoms with Gasteiger partial charge in [0.15, 0.2) is 0 Å². The number of nitrogens with one attached hydrogen (secondary N) is 3. The molecule has 3 amide bonds. The Balaban J connectivity index is 2.39. The first kappa shape index (κ1) is 23.2. The topological polar surface area (TPSA) is 96.5 Å². The molecule has 1 aromatic carbocycles. The second-order valence-electron chi connectivity index (χ2n) is 7.75. The number of ether oxygens (including phenoxy) is 1. The van der Waals surface area contributed by atoms with E-state index in [1.807, 2.05) is 32.1 Å². The summed E-state index contributed by atoms with van der Waals surface area (Å²) in [5.41, 5.74) is 0.952. The van der Waals surface area contributed by atoms with Crippen molar-refractivity contribution in [2.24, 2.45) is 5.92 Å². The summed E-state index contributed by atoms with van der Waals surface area (Å²) in [6, 6.07) is 7.27. The fraction of sp³-hybridized carbons (Fsp3) is 0.476. The molecule has 0 aliphatic rings. The maximum absolute atomic E-state index is 11.9. The summed E-state index contributed by atoms with van der Waals surface area (Å²) in [7, 11) is 0. The van der Waals surface area contributed by atoms with Crippen LogP contribution in [0.2, 0.25) is 0 Å².